The van der Waals surface area contributed by atoms with Crippen molar-refractivity contribution in [3.63, 3.8) is 0 Å². The topological polar surface area (TPSA) is 58.1 Å². The number of pyridine rings is 1. The van der Waals surface area contributed by atoms with Gasteiger partial charge in [-0.2, -0.15) is 11.3 Å². The second kappa shape index (κ2) is 6.63. The maximum Gasteiger partial charge on any atom is 0.223 e. The summed E-state index contributed by atoms with van der Waals surface area (Å²) >= 11 is 3.34. The lowest BCUT2D eigenvalue weighted by Gasteiger charge is -2.30. The minimum absolute atomic E-state index is 0.157. The molecule has 0 unspecified atom stereocenters. The molecule has 1 amide bonds. The molecule has 1 aliphatic heterocycles. The average molecular weight is 385 g/mol. The summed E-state index contributed by atoms with van der Waals surface area (Å²) in [6, 6.07) is 6.65. The number of thiazole rings is 1. The highest BCUT2D eigenvalue weighted by Crippen LogP contribution is 2.32. The molecule has 134 valence electrons. The molecule has 5 nitrogen and oxygen atoms in total. The van der Waals surface area contributed by atoms with Gasteiger partial charge < -0.3 is 10.2 Å². The van der Waals surface area contributed by atoms with Gasteiger partial charge >= 0.3 is 0 Å². The van der Waals surface area contributed by atoms with Crippen LogP contribution in [0.2, 0.25) is 0 Å². The molecule has 0 atom stereocenters. The SMILES string of the molecule is O=C(NC1CC1)C1CCN(c2nc3ccc(-c4ccsc4)nc3s2)CC1. The first kappa shape index (κ1) is 16.2. The normalized spacial score (nSPS) is 18.4. The quantitative estimate of drug-likeness (QED) is 0.741. The van der Waals surface area contributed by atoms with Crippen LogP contribution >= 0.6 is 22.7 Å². The highest BCUT2D eigenvalue weighted by Gasteiger charge is 2.30. The van der Waals surface area contributed by atoms with Crippen LogP contribution in [0.15, 0.2) is 29.0 Å². The molecule has 5 rings (SSSR count). The van der Waals surface area contributed by atoms with Gasteiger partial charge in [0.25, 0.3) is 0 Å². The van der Waals surface area contributed by atoms with Gasteiger partial charge in [0.2, 0.25) is 5.91 Å². The molecule has 3 aromatic rings. The summed E-state index contributed by atoms with van der Waals surface area (Å²) in [6.45, 7) is 1.78. The van der Waals surface area contributed by atoms with E-state index in [9.17, 15) is 4.79 Å². The van der Waals surface area contributed by atoms with Gasteiger partial charge in [-0.25, -0.2) is 9.97 Å². The van der Waals surface area contributed by atoms with E-state index in [0.29, 0.717) is 6.04 Å². The van der Waals surface area contributed by atoms with Gasteiger partial charge in [0.05, 0.1) is 5.69 Å². The van der Waals surface area contributed by atoms with Gasteiger partial charge in [-0.3, -0.25) is 4.79 Å². The minimum Gasteiger partial charge on any atom is -0.353 e. The number of fused-ring (bicyclic) bond motifs is 1. The summed E-state index contributed by atoms with van der Waals surface area (Å²) in [5.41, 5.74) is 3.12. The predicted octanol–water partition coefficient (Wildman–Crippen LogP) is 3.91. The Hall–Kier alpha value is -1.99. The first-order valence-corrected chi connectivity index (χ1v) is 10.9. The van der Waals surface area contributed by atoms with E-state index in [1.807, 2.05) is 6.07 Å². The molecule has 1 saturated heterocycles. The zero-order valence-corrected chi connectivity index (χ0v) is 16.0. The van der Waals surface area contributed by atoms with Gasteiger partial charge in [-0.1, -0.05) is 11.3 Å². The molecule has 3 aromatic heterocycles. The summed E-state index contributed by atoms with van der Waals surface area (Å²) in [4.78, 5) is 25.1. The molecule has 0 aromatic carbocycles. The van der Waals surface area contributed by atoms with Gasteiger partial charge in [0.1, 0.15) is 10.3 Å². The monoisotopic (exact) mass is 384 g/mol. The van der Waals surface area contributed by atoms with Crippen molar-refractivity contribution in [3.05, 3.63) is 29.0 Å². The van der Waals surface area contributed by atoms with E-state index in [4.69, 9.17) is 9.97 Å². The number of rotatable bonds is 4. The van der Waals surface area contributed by atoms with Crippen LogP contribution in [0.5, 0.6) is 0 Å². The number of carbonyl (C=O) groups is 1. The van der Waals surface area contributed by atoms with Gasteiger partial charge in [0.15, 0.2) is 5.13 Å². The number of amides is 1. The first-order valence-electron chi connectivity index (χ1n) is 9.12. The molecule has 4 heterocycles. The van der Waals surface area contributed by atoms with Crippen molar-refractivity contribution in [2.75, 3.05) is 18.0 Å². The van der Waals surface area contributed by atoms with Crippen molar-refractivity contribution >= 4 is 44.1 Å². The first-order chi connectivity index (χ1) is 12.8. The molecule has 0 bridgehead atoms. The highest BCUT2D eigenvalue weighted by molar-refractivity contribution is 7.21. The largest absolute Gasteiger partial charge is 0.353 e. The number of nitrogens with one attached hydrogen (secondary N) is 1. The predicted molar refractivity (Wildman–Crippen MR) is 107 cm³/mol. The van der Waals surface area contributed by atoms with Gasteiger partial charge in [0, 0.05) is 36.0 Å². The summed E-state index contributed by atoms with van der Waals surface area (Å²) in [5, 5.41) is 8.35. The van der Waals surface area contributed by atoms with Crippen LogP contribution in [-0.4, -0.2) is 35.0 Å². The van der Waals surface area contributed by atoms with Crippen LogP contribution in [-0.2, 0) is 4.79 Å². The molecule has 1 saturated carbocycles. The van der Waals surface area contributed by atoms with Crippen LogP contribution < -0.4 is 10.2 Å². The second-order valence-electron chi connectivity index (χ2n) is 7.07. The lowest BCUT2D eigenvalue weighted by Crippen LogP contribution is -2.41. The zero-order valence-electron chi connectivity index (χ0n) is 14.4. The molecule has 1 aliphatic carbocycles. The number of anilines is 1. The van der Waals surface area contributed by atoms with E-state index >= 15 is 0 Å². The van der Waals surface area contributed by atoms with Crippen molar-refractivity contribution in [1.29, 1.82) is 0 Å². The Balaban J connectivity index is 1.29. The van der Waals surface area contributed by atoms with Crippen molar-refractivity contribution < 1.29 is 4.79 Å². The molecular weight excluding hydrogens is 364 g/mol. The van der Waals surface area contributed by atoms with Crippen molar-refractivity contribution in [1.82, 2.24) is 15.3 Å². The average Bonchev–Trinajstić information content (AvgIpc) is 3.16. The van der Waals surface area contributed by atoms with Crippen molar-refractivity contribution in [2.45, 2.75) is 31.7 Å². The fourth-order valence-corrected chi connectivity index (χ4v) is 5.03. The highest BCUT2D eigenvalue weighted by atomic mass is 32.1. The lowest BCUT2D eigenvalue weighted by molar-refractivity contribution is -0.125. The van der Waals surface area contributed by atoms with E-state index in [0.717, 1.165) is 65.5 Å². The van der Waals surface area contributed by atoms with E-state index in [2.05, 4.69) is 33.1 Å². The summed E-state index contributed by atoms with van der Waals surface area (Å²) in [7, 11) is 0. The Morgan fingerprint density at radius 2 is 1.96 bits per heavy atom. The molecule has 0 radical (unpaired) electrons. The maximum absolute atomic E-state index is 12.2. The minimum atomic E-state index is 0.157. The molecule has 0 spiro atoms. The number of nitrogens with zero attached hydrogens (tertiary/aromatic N) is 3. The Labute approximate surface area is 160 Å². The maximum atomic E-state index is 12.2. The van der Waals surface area contributed by atoms with Gasteiger partial charge in [-0.15, -0.1) is 0 Å². The third kappa shape index (κ3) is 3.21. The van der Waals surface area contributed by atoms with E-state index < -0.39 is 0 Å². The van der Waals surface area contributed by atoms with Crippen LogP contribution in [0.3, 0.4) is 0 Å². The fourth-order valence-electron chi connectivity index (χ4n) is 3.39. The number of hydrogen-bond donors (Lipinski definition) is 1. The fraction of sp³-hybridized carbons (Fsp3) is 0.421. The Bertz CT molecular complexity index is 924. The molecule has 2 fully saturated rings. The smallest absolute Gasteiger partial charge is 0.223 e. The summed E-state index contributed by atoms with van der Waals surface area (Å²) < 4.78 is 0. The van der Waals surface area contributed by atoms with Crippen molar-refractivity contribution in [3.8, 4) is 11.3 Å². The summed E-state index contributed by atoms with van der Waals surface area (Å²) in [6.07, 6.45) is 4.11. The van der Waals surface area contributed by atoms with Crippen LogP contribution in [0.1, 0.15) is 25.7 Å². The standard InChI is InChI=1S/C19H20N4OS2/c24-17(20-14-1-2-14)12-5-8-23(9-6-12)19-22-16-4-3-15(21-18(16)26-19)13-7-10-25-11-13/h3-4,7,10-12,14H,1-2,5-6,8-9H2,(H,20,24). The molecule has 7 heteroatoms. The zero-order chi connectivity index (χ0) is 17.5. The van der Waals surface area contributed by atoms with E-state index in [-0.39, 0.29) is 11.8 Å². The van der Waals surface area contributed by atoms with E-state index in [1.54, 1.807) is 22.7 Å². The Morgan fingerprint density at radius 3 is 2.69 bits per heavy atom. The molecular formula is C19H20N4OS2. The molecule has 2 aliphatic rings. The Morgan fingerprint density at radius 1 is 1.12 bits per heavy atom. The van der Waals surface area contributed by atoms with Gasteiger partial charge in [-0.05, 0) is 49.3 Å². The third-order valence-electron chi connectivity index (χ3n) is 5.12. The lowest BCUT2D eigenvalue weighted by atomic mass is 9.96. The number of carbonyl (C=O) groups excluding carboxylic acids is 1. The number of piperidine rings is 1. The molecule has 26 heavy (non-hydrogen) atoms. The number of hydrogen-bond acceptors (Lipinski definition) is 6. The van der Waals surface area contributed by atoms with E-state index in [1.165, 1.54) is 0 Å². The molecule has 1 N–H and O–H groups in total. The van der Waals surface area contributed by atoms with Crippen LogP contribution in [0, 0.1) is 5.92 Å². The number of aromatic nitrogens is 2. The number of thiophene rings is 1. The van der Waals surface area contributed by atoms with Crippen molar-refractivity contribution in [2.24, 2.45) is 5.92 Å². The third-order valence-corrected chi connectivity index (χ3v) is 6.83. The summed E-state index contributed by atoms with van der Waals surface area (Å²) in [5.74, 6) is 0.406. The van der Waals surface area contributed by atoms with Crippen LogP contribution in [0.4, 0.5) is 5.13 Å². The van der Waals surface area contributed by atoms with Crippen LogP contribution in [0.25, 0.3) is 21.6 Å². The second-order valence-corrected chi connectivity index (χ2v) is 8.81. The Kier molecular flexibility index (Phi) is 4.13.